The zero-order valence-electron chi connectivity index (χ0n) is 9.16. The average Bonchev–Trinajstić information content (AvgIpc) is 2.52. The van der Waals surface area contributed by atoms with Crippen LogP contribution in [0.2, 0.25) is 0 Å². The molecule has 1 heterocycles. The Balaban J connectivity index is 2.57. The van der Waals surface area contributed by atoms with Crippen LogP contribution >= 0.6 is 0 Å². The Morgan fingerprint density at radius 3 is 2.80 bits per heavy atom. The van der Waals surface area contributed by atoms with Gasteiger partial charge in [0.25, 0.3) is 0 Å². The second-order valence-electron chi connectivity index (χ2n) is 3.89. The fraction of sp³-hybridized carbons (Fsp3) is 0.417. The van der Waals surface area contributed by atoms with Gasteiger partial charge in [0.05, 0.1) is 12.7 Å². The van der Waals surface area contributed by atoms with Gasteiger partial charge in [-0.1, -0.05) is 6.92 Å². The minimum atomic E-state index is -0.499. The van der Waals surface area contributed by atoms with Gasteiger partial charge in [-0.25, -0.2) is 4.79 Å². The summed E-state index contributed by atoms with van der Waals surface area (Å²) in [5, 5.41) is 0. The van der Waals surface area contributed by atoms with Gasteiger partial charge >= 0.3 is 5.97 Å². The van der Waals surface area contributed by atoms with Crippen molar-refractivity contribution >= 4 is 5.97 Å². The highest BCUT2D eigenvalue weighted by Gasteiger charge is 2.40. The van der Waals surface area contributed by atoms with Crippen molar-refractivity contribution in [3.63, 3.8) is 0 Å². The Kier molecular flexibility index (Phi) is 2.18. The van der Waals surface area contributed by atoms with Crippen molar-refractivity contribution in [1.82, 2.24) is 0 Å². The SMILES string of the molecule is CC[C@@]1(C)OC(=O)c2ccc(OC)cc21. The first-order valence-corrected chi connectivity index (χ1v) is 5.02. The molecule has 0 unspecified atom stereocenters. The zero-order chi connectivity index (χ0) is 11.1. The molecule has 0 spiro atoms. The maximum atomic E-state index is 11.6. The molecule has 0 radical (unpaired) electrons. The summed E-state index contributed by atoms with van der Waals surface area (Å²) in [6, 6.07) is 5.42. The molecule has 1 atom stereocenters. The van der Waals surface area contributed by atoms with E-state index in [1.54, 1.807) is 19.2 Å². The predicted molar refractivity (Wildman–Crippen MR) is 56.1 cm³/mol. The third kappa shape index (κ3) is 1.39. The Morgan fingerprint density at radius 1 is 1.47 bits per heavy atom. The van der Waals surface area contributed by atoms with Gasteiger partial charge in [-0.05, 0) is 31.5 Å². The first kappa shape index (κ1) is 10.0. The standard InChI is InChI=1S/C12H14O3/c1-4-12(2)10-7-8(14-3)5-6-9(10)11(13)15-12/h5-7H,4H2,1-3H3/t12-/m1/s1. The summed E-state index contributed by atoms with van der Waals surface area (Å²) in [6.07, 6.45) is 0.763. The van der Waals surface area contributed by atoms with Crippen LogP contribution in [0.3, 0.4) is 0 Å². The van der Waals surface area contributed by atoms with Crippen molar-refractivity contribution in [3.05, 3.63) is 29.3 Å². The van der Waals surface area contributed by atoms with Crippen LogP contribution in [0.1, 0.15) is 36.2 Å². The van der Waals surface area contributed by atoms with Gasteiger partial charge in [-0.3, -0.25) is 0 Å². The second kappa shape index (κ2) is 3.26. The number of esters is 1. The van der Waals surface area contributed by atoms with Crippen LogP contribution in [0.15, 0.2) is 18.2 Å². The molecule has 3 nitrogen and oxygen atoms in total. The number of hydrogen-bond donors (Lipinski definition) is 0. The minimum Gasteiger partial charge on any atom is -0.497 e. The summed E-state index contributed by atoms with van der Waals surface area (Å²) in [6.45, 7) is 3.93. The molecule has 15 heavy (non-hydrogen) atoms. The van der Waals surface area contributed by atoms with Crippen LogP contribution in [0.4, 0.5) is 0 Å². The van der Waals surface area contributed by atoms with Gasteiger partial charge in [-0.15, -0.1) is 0 Å². The monoisotopic (exact) mass is 206 g/mol. The number of rotatable bonds is 2. The van der Waals surface area contributed by atoms with Crippen LogP contribution in [-0.4, -0.2) is 13.1 Å². The highest BCUT2D eigenvalue weighted by molar-refractivity contribution is 5.94. The Bertz CT molecular complexity index is 411. The molecule has 0 fully saturated rings. The van der Waals surface area contributed by atoms with Crippen LogP contribution in [0.25, 0.3) is 0 Å². The molecule has 0 aliphatic carbocycles. The lowest BCUT2D eigenvalue weighted by molar-refractivity contribution is -0.000821. The normalized spacial score (nSPS) is 23.5. The van der Waals surface area contributed by atoms with E-state index in [0.29, 0.717) is 5.56 Å². The first-order chi connectivity index (χ1) is 7.10. The zero-order valence-corrected chi connectivity index (χ0v) is 9.16. The number of hydrogen-bond acceptors (Lipinski definition) is 3. The highest BCUT2D eigenvalue weighted by Crippen LogP contribution is 2.40. The molecule has 0 saturated heterocycles. The number of methoxy groups -OCH3 is 1. The summed E-state index contributed by atoms with van der Waals surface area (Å²) in [7, 11) is 1.61. The van der Waals surface area contributed by atoms with Crippen LogP contribution < -0.4 is 4.74 Å². The van der Waals surface area contributed by atoms with Gasteiger partial charge in [0, 0.05) is 5.56 Å². The van der Waals surface area contributed by atoms with Crippen molar-refractivity contribution in [2.75, 3.05) is 7.11 Å². The summed E-state index contributed by atoms with van der Waals surface area (Å²) in [4.78, 5) is 11.6. The van der Waals surface area contributed by atoms with Gasteiger partial charge in [0.15, 0.2) is 0 Å². The highest BCUT2D eigenvalue weighted by atomic mass is 16.6. The summed E-state index contributed by atoms with van der Waals surface area (Å²) in [5.41, 5.74) is 1.08. The molecule has 0 N–H and O–H groups in total. The number of carbonyl (C=O) groups is 1. The van der Waals surface area contributed by atoms with Crippen LogP contribution in [0.5, 0.6) is 5.75 Å². The maximum Gasteiger partial charge on any atom is 0.339 e. The lowest BCUT2D eigenvalue weighted by atomic mass is 9.92. The van der Waals surface area contributed by atoms with Gasteiger partial charge in [0.1, 0.15) is 11.4 Å². The smallest absolute Gasteiger partial charge is 0.339 e. The first-order valence-electron chi connectivity index (χ1n) is 5.02. The molecule has 0 bridgehead atoms. The molecule has 0 amide bonds. The minimum absolute atomic E-state index is 0.239. The predicted octanol–water partition coefficient (Wildman–Crippen LogP) is 2.49. The van der Waals surface area contributed by atoms with Crippen molar-refractivity contribution in [3.8, 4) is 5.75 Å². The van der Waals surface area contributed by atoms with Gasteiger partial charge < -0.3 is 9.47 Å². The molecule has 2 rings (SSSR count). The van der Waals surface area contributed by atoms with Gasteiger partial charge in [-0.2, -0.15) is 0 Å². The van der Waals surface area contributed by atoms with E-state index >= 15 is 0 Å². The molecule has 0 aromatic heterocycles. The second-order valence-corrected chi connectivity index (χ2v) is 3.89. The fourth-order valence-corrected chi connectivity index (χ4v) is 1.84. The van der Waals surface area contributed by atoms with Crippen molar-refractivity contribution < 1.29 is 14.3 Å². The van der Waals surface area contributed by atoms with Gasteiger partial charge in [0.2, 0.25) is 0 Å². The molecule has 80 valence electrons. The van der Waals surface area contributed by atoms with E-state index in [4.69, 9.17) is 9.47 Å². The quantitative estimate of drug-likeness (QED) is 0.697. The molecule has 1 aromatic carbocycles. The van der Waals surface area contributed by atoms with Crippen LogP contribution in [-0.2, 0) is 10.3 Å². The largest absolute Gasteiger partial charge is 0.497 e. The van der Waals surface area contributed by atoms with Crippen molar-refractivity contribution in [1.29, 1.82) is 0 Å². The Morgan fingerprint density at radius 2 is 2.20 bits per heavy atom. The molecule has 1 aliphatic heterocycles. The topological polar surface area (TPSA) is 35.5 Å². The van der Waals surface area contributed by atoms with E-state index in [0.717, 1.165) is 17.7 Å². The summed E-state index contributed by atoms with van der Waals surface area (Å²) >= 11 is 0. The van der Waals surface area contributed by atoms with E-state index < -0.39 is 5.60 Å². The fourth-order valence-electron chi connectivity index (χ4n) is 1.84. The van der Waals surface area contributed by atoms with Crippen molar-refractivity contribution in [2.45, 2.75) is 25.9 Å². The third-order valence-electron chi connectivity index (χ3n) is 3.01. The lowest BCUT2D eigenvalue weighted by Crippen LogP contribution is -2.20. The summed E-state index contributed by atoms with van der Waals surface area (Å²) < 4.78 is 10.5. The molecular weight excluding hydrogens is 192 g/mol. The Hall–Kier alpha value is -1.51. The van der Waals surface area contributed by atoms with E-state index in [2.05, 4.69) is 0 Å². The van der Waals surface area contributed by atoms with Crippen LogP contribution in [0, 0.1) is 0 Å². The average molecular weight is 206 g/mol. The Labute approximate surface area is 89.0 Å². The van der Waals surface area contributed by atoms with Crippen molar-refractivity contribution in [2.24, 2.45) is 0 Å². The molecule has 0 saturated carbocycles. The summed E-state index contributed by atoms with van der Waals surface area (Å²) in [5.74, 6) is 0.517. The van der Waals surface area contributed by atoms with E-state index in [9.17, 15) is 4.79 Å². The number of ether oxygens (including phenoxy) is 2. The maximum absolute atomic E-state index is 11.6. The van der Waals surface area contributed by atoms with E-state index in [-0.39, 0.29) is 5.97 Å². The van der Waals surface area contributed by atoms with E-state index in [1.165, 1.54) is 0 Å². The van der Waals surface area contributed by atoms with E-state index in [1.807, 2.05) is 19.9 Å². The number of cyclic esters (lactones) is 1. The molecule has 1 aliphatic rings. The number of benzene rings is 1. The molecule has 3 heteroatoms. The number of fused-ring (bicyclic) bond motifs is 1. The molecular formula is C12H14O3. The number of carbonyl (C=O) groups excluding carboxylic acids is 1. The third-order valence-corrected chi connectivity index (χ3v) is 3.01. The molecule has 1 aromatic rings. The lowest BCUT2D eigenvalue weighted by Gasteiger charge is -2.21.